The Morgan fingerprint density at radius 1 is 1.24 bits per heavy atom. The van der Waals surface area contributed by atoms with Crippen LogP contribution in [0.2, 0.25) is 0 Å². The van der Waals surface area contributed by atoms with E-state index in [4.69, 9.17) is 4.42 Å². The molecule has 0 radical (unpaired) electrons. The van der Waals surface area contributed by atoms with Crippen LogP contribution in [0.4, 0.5) is 0 Å². The first kappa shape index (κ1) is 12.5. The Morgan fingerprint density at radius 3 is 2.95 bits per heavy atom. The molecule has 0 aliphatic carbocycles. The number of carbonyl (C=O) groups is 1. The number of pyridine rings is 1. The molecule has 2 aromatic rings. The van der Waals surface area contributed by atoms with Gasteiger partial charge in [-0.05, 0) is 18.6 Å². The second-order valence-corrected chi connectivity index (χ2v) is 5.51. The smallest absolute Gasteiger partial charge is 0.310 e. The van der Waals surface area contributed by atoms with Crippen LogP contribution in [-0.2, 0) is 0 Å². The van der Waals surface area contributed by atoms with Crippen LogP contribution < -0.4 is 0 Å². The lowest BCUT2D eigenvalue weighted by atomic mass is 10.2. The Bertz CT molecular complexity index is 655. The minimum Gasteiger partial charge on any atom is -0.432 e. The third-order valence-electron chi connectivity index (χ3n) is 4.26. The van der Waals surface area contributed by atoms with Crippen LogP contribution in [0.3, 0.4) is 0 Å². The second-order valence-electron chi connectivity index (χ2n) is 5.51. The van der Waals surface area contributed by atoms with E-state index < -0.39 is 0 Å². The second kappa shape index (κ2) is 4.96. The molecule has 0 N–H and O–H groups in total. The highest BCUT2D eigenvalue weighted by Gasteiger charge is 2.36. The summed E-state index contributed by atoms with van der Waals surface area (Å²) in [6, 6.07) is 3.98. The van der Waals surface area contributed by atoms with E-state index in [1.54, 1.807) is 18.6 Å². The topological polar surface area (TPSA) is 62.5 Å². The summed E-state index contributed by atoms with van der Waals surface area (Å²) in [4.78, 5) is 25.0. The van der Waals surface area contributed by atoms with Crippen LogP contribution in [0, 0.1) is 0 Å². The molecule has 0 spiro atoms. The molecule has 2 bridgehead atoms. The average molecular weight is 284 g/mol. The molecular weight excluding hydrogens is 268 g/mol. The van der Waals surface area contributed by atoms with Crippen molar-refractivity contribution >= 4 is 5.91 Å². The predicted molar refractivity (Wildman–Crippen MR) is 75.6 cm³/mol. The summed E-state index contributed by atoms with van der Waals surface area (Å²) in [5.74, 6) is 0.690. The maximum Gasteiger partial charge on any atom is 0.310 e. The van der Waals surface area contributed by atoms with Crippen molar-refractivity contribution < 1.29 is 9.21 Å². The van der Waals surface area contributed by atoms with Crippen LogP contribution in [-0.4, -0.2) is 57.9 Å². The highest BCUT2D eigenvalue weighted by molar-refractivity contribution is 5.90. The van der Waals surface area contributed by atoms with Gasteiger partial charge in [0.1, 0.15) is 0 Å². The molecule has 6 heteroatoms. The molecule has 0 aromatic carbocycles. The van der Waals surface area contributed by atoms with E-state index in [1.165, 1.54) is 0 Å². The molecule has 108 valence electrons. The number of fused-ring (bicyclic) bond motifs is 2. The molecule has 2 aromatic heterocycles. The van der Waals surface area contributed by atoms with Crippen molar-refractivity contribution in [3.63, 3.8) is 0 Å². The molecule has 2 atom stereocenters. The molecule has 4 rings (SSSR count). The summed E-state index contributed by atoms with van der Waals surface area (Å²) in [6.07, 6.45) is 6.03. The zero-order valence-electron chi connectivity index (χ0n) is 11.6. The van der Waals surface area contributed by atoms with E-state index in [0.29, 0.717) is 11.8 Å². The van der Waals surface area contributed by atoms with E-state index >= 15 is 0 Å². The van der Waals surface area contributed by atoms with Crippen molar-refractivity contribution in [3.8, 4) is 11.3 Å². The molecule has 1 unspecified atom stereocenters. The van der Waals surface area contributed by atoms with Crippen LogP contribution in [0.15, 0.2) is 35.1 Å². The summed E-state index contributed by atoms with van der Waals surface area (Å²) in [5.41, 5.74) is 0.877. The molecule has 21 heavy (non-hydrogen) atoms. The largest absolute Gasteiger partial charge is 0.432 e. The van der Waals surface area contributed by atoms with Crippen molar-refractivity contribution in [2.45, 2.75) is 12.5 Å². The van der Waals surface area contributed by atoms with Gasteiger partial charge in [0.15, 0.2) is 5.76 Å². The van der Waals surface area contributed by atoms with Gasteiger partial charge in [0, 0.05) is 50.2 Å². The lowest BCUT2D eigenvalue weighted by molar-refractivity contribution is 0.0570. The third-order valence-corrected chi connectivity index (χ3v) is 4.26. The van der Waals surface area contributed by atoms with Gasteiger partial charge >= 0.3 is 5.91 Å². The molecule has 4 heterocycles. The standard InChI is InChI=1S/C15H16N4O2/c20-15(19-8-7-18-6-3-12(19)10-18)14-17-9-13(21-14)11-1-4-16-5-2-11/h1-2,4-5,9,12H,3,6-8,10H2. The van der Waals surface area contributed by atoms with Gasteiger partial charge in [0.05, 0.1) is 6.20 Å². The molecular formula is C15H16N4O2. The van der Waals surface area contributed by atoms with E-state index in [9.17, 15) is 4.79 Å². The van der Waals surface area contributed by atoms with Gasteiger partial charge in [-0.1, -0.05) is 0 Å². The van der Waals surface area contributed by atoms with Crippen molar-refractivity contribution in [2.75, 3.05) is 26.2 Å². The number of carbonyl (C=O) groups excluding carboxylic acids is 1. The van der Waals surface area contributed by atoms with Gasteiger partial charge in [-0.2, -0.15) is 0 Å². The number of piperazine rings is 1. The van der Waals surface area contributed by atoms with Crippen molar-refractivity contribution in [1.82, 2.24) is 19.8 Å². The fraction of sp³-hybridized carbons (Fsp3) is 0.400. The SMILES string of the molecule is O=C(c1ncc(-c2ccncc2)o1)N1CC[N@@]2CCC1C2. The molecule has 6 nitrogen and oxygen atoms in total. The lowest BCUT2D eigenvalue weighted by Crippen LogP contribution is -2.49. The quantitative estimate of drug-likeness (QED) is 0.831. The summed E-state index contributed by atoms with van der Waals surface area (Å²) >= 11 is 0. The molecule has 2 aliphatic rings. The Hall–Kier alpha value is -2.21. The van der Waals surface area contributed by atoms with Crippen molar-refractivity contribution in [1.29, 1.82) is 0 Å². The molecule has 1 amide bonds. The van der Waals surface area contributed by atoms with E-state index in [1.807, 2.05) is 17.0 Å². The maximum atomic E-state index is 12.6. The third kappa shape index (κ3) is 2.21. The number of rotatable bonds is 2. The molecule has 2 fully saturated rings. The molecule has 0 saturated carbocycles. The number of aromatic nitrogens is 2. The highest BCUT2D eigenvalue weighted by atomic mass is 16.4. The number of nitrogens with zero attached hydrogens (tertiary/aromatic N) is 4. The van der Waals surface area contributed by atoms with Gasteiger partial charge in [-0.25, -0.2) is 4.98 Å². The van der Waals surface area contributed by atoms with E-state index in [2.05, 4.69) is 14.9 Å². The molecule has 2 saturated heterocycles. The first-order chi connectivity index (χ1) is 10.3. The first-order valence-corrected chi connectivity index (χ1v) is 7.21. The highest BCUT2D eigenvalue weighted by Crippen LogP contribution is 2.24. The number of oxazole rings is 1. The van der Waals surface area contributed by atoms with Gasteiger partial charge in [0.25, 0.3) is 5.89 Å². The van der Waals surface area contributed by atoms with Crippen LogP contribution >= 0.6 is 0 Å². The van der Waals surface area contributed by atoms with Gasteiger partial charge < -0.3 is 9.32 Å². The van der Waals surface area contributed by atoms with Crippen LogP contribution in [0.1, 0.15) is 17.1 Å². The number of hydrogen-bond donors (Lipinski definition) is 0. The van der Waals surface area contributed by atoms with Gasteiger partial charge in [0.2, 0.25) is 0 Å². The zero-order valence-corrected chi connectivity index (χ0v) is 11.6. The fourth-order valence-corrected chi connectivity index (χ4v) is 3.11. The number of amides is 1. The first-order valence-electron chi connectivity index (χ1n) is 7.21. The maximum absolute atomic E-state index is 12.6. The van der Waals surface area contributed by atoms with E-state index in [0.717, 1.165) is 38.2 Å². The summed E-state index contributed by atoms with van der Waals surface area (Å²) in [5, 5.41) is 0. The number of hydrogen-bond acceptors (Lipinski definition) is 5. The monoisotopic (exact) mass is 284 g/mol. The zero-order chi connectivity index (χ0) is 14.2. The van der Waals surface area contributed by atoms with Crippen molar-refractivity contribution in [3.05, 3.63) is 36.6 Å². The Balaban J connectivity index is 1.56. The Labute approximate surface area is 122 Å². The normalized spacial score (nSPS) is 24.3. The average Bonchev–Trinajstić information content (AvgIpc) is 3.15. The predicted octanol–water partition coefficient (Wildman–Crippen LogP) is 1.27. The molecule has 2 aliphatic heterocycles. The minimum absolute atomic E-state index is 0.0955. The van der Waals surface area contributed by atoms with Crippen LogP contribution in [0.25, 0.3) is 11.3 Å². The van der Waals surface area contributed by atoms with Crippen LogP contribution in [0.5, 0.6) is 0 Å². The van der Waals surface area contributed by atoms with Crippen molar-refractivity contribution in [2.24, 2.45) is 0 Å². The lowest BCUT2D eigenvalue weighted by Gasteiger charge is -2.33. The summed E-state index contributed by atoms with van der Waals surface area (Å²) in [6.45, 7) is 3.77. The minimum atomic E-state index is -0.0955. The summed E-state index contributed by atoms with van der Waals surface area (Å²) < 4.78 is 5.65. The Morgan fingerprint density at radius 2 is 2.10 bits per heavy atom. The fourth-order valence-electron chi connectivity index (χ4n) is 3.11. The van der Waals surface area contributed by atoms with E-state index in [-0.39, 0.29) is 11.8 Å². The van der Waals surface area contributed by atoms with Gasteiger partial charge in [-0.15, -0.1) is 0 Å². The Kier molecular flexibility index (Phi) is 2.96. The summed E-state index contributed by atoms with van der Waals surface area (Å²) in [7, 11) is 0. The van der Waals surface area contributed by atoms with Gasteiger partial charge in [-0.3, -0.25) is 14.7 Å².